The van der Waals surface area contributed by atoms with Gasteiger partial charge >= 0.3 is 0 Å². The van der Waals surface area contributed by atoms with Gasteiger partial charge in [0.1, 0.15) is 23.3 Å². The fourth-order valence-electron chi connectivity index (χ4n) is 3.22. The Hall–Kier alpha value is -3.03. The van der Waals surface area contributed by atoms with E-state index in [1.54, 1.807) is 18.3 Å². The maximum absolute atomic E-state index is 13.0. The van der Waals surface area contributed by atoms with Gasteiger partial charge in [0, 0.05) is 13.0 Å². The quantitative estimate of drug-likeness (QED) is 0.750. The normalized spacial score (nSPS) is 16.3. The summed E-state index contributed by atoms with van der Waals surface area (Å²) in [5, 5.41) is 11.1. The molecule has 4 rings (SSSR count). The van der Waals surface area contributed by atoms with Crippen molar-refractivity contribution in [3.8, 4) is 11.3 Å². The molecule has 0 radical (unpaired) electrons. The standard InChI is InChI=1S/C18H19FN6O/c1-11-23-24-17-7-4-13(10-25(11)17)18(26)21-9-16-20-8-15(22-16)12-2-5-14(19)6-3-12/h2-3,5-6,8,13H,4,7,9-10H2,1H3,(H,20,22)(H,21,26). The van der Waals surface area contributed by atoms with Gasteiger partial charge in [-0.1, -0.05) is 0 Å². The van der Waals surface area contributed by atoms with Gasteiger partial charge in [0.25, 0.3) is 0 Å². The molecule has 0 fully saturated rings. The highest BCUT2D eigenvalue weighted by atomic mass is 19.1. The number of hydrogen-bond donors (Lipinski definition) is 2. The third-order valence-electron chi connectivity index (χ3n) is 4.72. The lowest BCUT2D eigenvalue weighted by atomic mass is 9.98. The molecule has 0 aliphatic carbocycles. The summed E-state index contributed by atoms with van der Waals surface area (Å²) >= 11 is 0. The van der Waals surface area contributed by atoms with Gasteiger partial charge in [-0.05, 0) is 43.2 Å². The van der Waals surface area contributed by atoms with Gasteiger partial charge in [-0.2, -0.15) is 0 Å². The van der Waals surface area contributed by atoms with Crippen LogP contribution in [0.15, 0.2) is 30.5 Å². The first-order valence-electron chi connectivity index (χ1n) is 8.56. The topological polar surface area (TPSA) is 88.5 Å². The molecule has 7 nitrogen and oxygen atoms in total. The van der Waals surface area contributed by atoms with E-state index < -0.39 is 0 Å². The number of halogens is 1. The number of aromatic nitrogens is 5. The lowest BCUT2D eigenvalue weighted by Gasteiger charge is -2.23. The number of nitrogens with one attached hydrogen (secondary N) is 2. The van der Waals surface area contributed by atoms with Crippen molar-refractivity contribution in [2.45, 2.75) is 32.9 Å². The van der Waals surface area contributed by atoms with Crippen LogP contribution in [0.1, 0.15) is 23.9 Å². The molecule has 134 valence electrons. The zero-order valence-corrected chi connectivity index (χ0v) is 14.4. The van der Waals surface area contributed by atoms with Crippen LogP contribution in [0.3, 0.4) is 0 Å². The summed E-state index contributed by atoms with van der Waals surface area (Å²) in [6.07, 6.45) is 3.21. The minimum atomic E-state index is -0.278. The predicted molar refractivity (Wildman–Crippen MR) is 92.4 cm³/mol. The third-order valence-corrected chi connectivity index (χ3v) is 4.72. The smallest absolute Gasteiger partial charge is 0.225 e. The maximum Gasteiger partial charge on any atom is 0.225 e. The van der Waals surface area contributed by atoms with Crippen LogP contribution in [0.25, 0.3) is 11.3 Å². The monoisotopic (exact) mass is 354 g/mol. The van der Waals surface area contributed by atoms with Crippen LogP contribution in [0, 0.1) is 18.7 Å². The molecule has 2 aromatic heterocycles. The number of rotatable bonds is 4. The van der Waals surface area contributed by atoms with E-state index in [-0.39, 0.29) is 17.6 Å². The van der Waals surface area contributed by atoms with E-state index in [2.05, 4.69) is 25.5 Å². The van der Waals surface area contributed by atoms with Gasteiger partial charge in [0.2, 0.25) is 5.91 Å². The number of fused-ring (bicyclic) bond motifs is 1. The molecule has 1 atom stereocenters. The Kier molecular flexibility index (Phi) is 4.24. The highest BCUT2D eigenvalue weighted by molar-refractivity contribution is 5.78. The molecule has 8 heteroatoms. The van der Waals surface area contributed by atoms with Crippen molar-refractivity contribution in [2.75, 3.05) is 0 Å². The zero-order chi connectivity index (χ0) is 18.1. The Balaban J connectivity index is 1.36. The molecular formula is C18H19FN6O. The number of H-pyrrole nitrogens is 1. The predicted octanol–water partition coefficient (Wildman–Crippen LogP) is 1.99. The fourth-order valence-corrected chi connectivity index (χ4v) is 3.22. The van der Waals surface area contributed by atoms with Crippen molar-refractivity contribution in [3.63, 3.8) is 0 Å². The summed E-state index contributed by atoms with van der Waals surface area (Å²) in [4.78, 5) is 19.9. The molecule has 3 heterocycles. The van der Waals surface area contributed by atoms with E-state index in [0.717, 1.165) is 35.7 Å². The van der Waals surface area contributed by atoms with Crippen molar-refractivity contribution in [2.24, 2.45) is 5.92 Å². The van der Waals surface area contributed by atoms with Gasteiger partial charge in [0.15, 0.2) is 0 Å². The number of aryl methyl sites for hydroxylation is 2. The lowest BCUT2D eigenvalue weighted by Crippen LogP contribution is -2.36. The highest BCUT2D eigenvalue weighted by Crippen LogP contribution is 2.20. The van der Waals surface area contributed by atoms with E-state index >= 15 is 0 Å². The van der Waals surface area contributed by atoms with Crippen molar-refractivity contribution in [1.29, 1.82) is 0 Å². The van der Waals surface area contributed by atoms with Gasteiger partial charge in [0.05, 0.1) is 24.4 Å². The van der Waals surface area contributed by atoms with Crippen LogP contribution in [0.2, 0.25) is 0 Å². The first-order valence-corrected chi connectivity index (χ1v) is 8.56. The molecule has 0 saturated carbocycles. The van der Waals surface area contributed by atoms with E-state index in [1.165, 1.54) is 12.1 Å². The number of benzene rings is 1. The summed E-state index contributed by atoms with van der Waals surface area (Å²) in [5.74, 6) is 2.08. The molecule has 1 aliphatic rings. The molecule has 2 N–H and O–H groups in total. The van der Waals surface area contributed by atoms with Crippen LogP contribution < -0.4 is 5.32 Å². The maximum atomic E-state index is 13.0. The van der Waals surface area contributed by atoms with Crippen molar-refractivity contribution >= 4 is 5.91 Å². The molecule has 0 saturated heterocycles. The summed E-state index contributed by atoms with van der Waals surface area (Å²) in [7, 11) is 0. The molecule has 1 amide bonds. The fraction of sp³-hybridized carbons (Fsp3) is 0.333. The third kappa shape index (κ3) is 3.22. The Morgan fingerprint density at radius 2 is 2.15 bits per heavy atom. The summed E-state index contributed by atoms with van der Waals surface area (Å²) in [6, 6.07) is 6.18. The van der Waals surface area contributed by atoms with Gasteiger partial charge in [-0.3, -0.25) is 4.79 Å². The Labute approximate surface area is 149 Å². The van der Waals surface area contributed by atoms with Crippen LogP contribution in [-0.4, -0.2) is 30.6 Å². The lowest BCUT2D eigenvalue weighted by molar-refractivity contribution is -0.126. The molecule has 26 heavy (non-hydrogen) atoms. The molecule has 1 aromatic carbocycles. The van der Waals surface area contributed by atoms with Gasteiger partial charge in [-0.25, -0.2) is 9.37 Å². The summed E-state index contributed by atoms with van der Waals surface area (Å²) in [5.41, 5.74) is 1.64. The van der Waals surface area contributed by atoms with E-state index in [1.807, 2.05) is 11.5 Å². The molecule has 0 spiro atoms. The van der Waals surface area contributed by atoms with Crippen LogP contribution >= 0.6 is 0 Å². The number of hydrogen-bond acceptors (Lipinski definition) is 4. The van der Waals surface area contributed by atoms with Gasteiger partial charge in [-0.15, -0.1) is 10.2 Å². The Morgan fingerprint density at radius 1 is 1.35 bits per heavy atom. The summed E-state index contributed by atoms with van der Waals surface area (Å²) < 4.78 is 15.0. The summed E-state index contributed by atoms with van der Waals surface area (Å²) in [6.45, 7) is 2.83. The van der Waals surface area contributed by atoms with Crippen molar-refractivity contribution in [1.82, 2.24) is 30.0 Å². The van der Waals surface area contributed by atoms with Gasteiger partial charge < -0.3 is 14.9 Å². The van der Waals surface area contributed by atoms with Crippen LogP contribution in [0.5, 0.6) is 0 Å². The van der Waals surface area contributed by atoms with E-state index in [0.29, 0.717) is 18.9 Å². The SMILES string of the molecule is Cc1nnc2n1CC(C(=O)NCc1ncc(-c3ccc(F)cc3)[nH]1)CC2. The highest BCUT2D eigenvalue weighted by Gasteiger charge is 2.26. The minimum Gasteiger partial charge on any atom is -0.349 e. The number of aromatic amines is 1. The average molecular weight is 354 g/mol. The Bertz CT molecular complexity index is 930. The first kappa shape index (κ1) is 16.4. The number of amides is 1. The number of imidazole rings is 1. The second-order valence-corrected chi connectivity index (χ2v) is 6.48. The number of carbonyl (C=O) groups is 1. The van der Waals surface area contributed by atoms with Crippen LogP contribution in [-0.2, 0) is 24.3 Å². The molecule has 1 unspecified atom stereocenters. The molecule has 3 aromatic rings. The van der Waals surface area contributed by atoms with Crippen LogP contribution in [0.4, 0.5) is 4.39 Å². The van der Waals surface area contributed by atoms with E-state index in [9.17, 15) is 9.18 Å². The number of carbonyl (C=O) groups excluding carboxylic acids is 1. The molecular weight excluding hydrogens is 335 g/mol. The van der Waals surface area contributed by atoms with Crippen molar-refractivity contribution < 1.29 is 9.18 Å². The zero-order valence-electron chi connectivity index (χ0n) is 14.4. The average Bonchev–Trinajstić information content (AvgIpc) is 3.27. The van der Waals surface area contributed by atoms with Crippen molar-refractivity contribution in [3.05, 3.63) is 53.8 Å². The second kappa shape index (κ2) is 6.70. The molecule has 1 aliphatic heterocycles. The van der Waals surface area contributed by atoms with E-state index in [4.69, 9.17) is 0 Å². The Morgan fingerprint density at radius 3 is 2.96 bits per heavy atom. The largest absolute Gasteiger partial charge is 0.349 e. The first-order chi connectivity index (χ1) is 12.6. The minimum absolute atomic E-state index is 0.00322. The second-order valence-electron chi connectivity index (χ2n) is 6.48. The number of nitrogens with zero attached hydrogens (tertiary/aromatic N) is 4. The molecule has 0 bridgehead atoms.